The van der Waals surface area contributed by atoms with Crippen LogP contribution in [0.1, 0.15) is 11.3 Å². The van der Waals surface area contributed by atoms with Gasteiger partial charge in [0.2, 0.25) is 11.8 Å². The van der Waals surface area contributed by atoms with Crippen molar-refractivity contribution in [2.24, 2.45) is 7.05 Å². The summed E-state index contributed by atoms with van der Waals surface area (Å²) < 4.78 is 8.04. The Morgan fingerprint density at radius 2 is 1.80 bits per heavy atom. The Balaban J connectivity index is 1.43. The Hall–Kier alpha value is -5.24. The quantitative estimate of drug-likeness (QED) is 0.280. The maximum atomic E-state index is 12.1. The highest BCUT2D eigenvalue weighted by Crippen LogP contribution is 2.42. The molecule has 1 amide bonds. The van der Waals surface area contributed by atoms with Gasteiger partial charge in [-0.1, -0.05) is 49.1 Å². The van der Waals surface area contributed by atoms with Crippen LogP contribution in [0.2, 0.25) is 0 Å². The fraction of sp³-hybridized carbons (Fsp3) is 0.125. The number of aryl methyl sites for hydroxylation is 2. The van der Waals surface area contributed by atoms with Gasteiger partial charge in [-0.05, 0) is 59.5 Å². The molecule has 6 rings (SSSR count). The summed E-state index contributed by atoms with van der Waals surface area (Å²) in [5.74, 6) is 1.57. The summed E-state index contributed by atoms with van der Waals surface area (Å²) in [6.45, 7) is 6.66. The van der Waals surface area contributed by atoms with E-state index in [1.54, 1.807) is 4.90 Å². The monoisotopic (exact) mass is 528 g/mol. The molecule has 0 saturated carbocycles. The molecule has 4 heterocycles. The van der Waals surface area contributed by atoms with Crippen molar-refractivity contribution >= 4 is 28.3 Å². The van der Waals surface area contributed by atoms with E-state index in [0.717, 1.165) is 50.2 Å². The molecule has 5 aromatic rings. The van der Waals surface area contributed by atoms with Crippen LogP contribution in [0.15, 0.2) is 91.8 Å². The first-order valence-electron chi connectivity index (χ1n) is 12.9. The van der Waals surface area contributed by atoms with Crippen LogP contribution in [0.25, 0.3) is 39.0 Å². The van der Waals surface area contributed by atoms with E-state index in [0.29, 0.717) is 30.5 Å². The van der Waals surface area contributed by atoms with E-state index >= 15 is 0 Å². The predicted octanol–water partition coefficient (Wildman–Crippen LogP) is 5.79. The molecule has 0 atom stereocenters. The first-order chi connectivity index (χ1) is 19.4. The van der Waals surface area contributed by atoms with E-state index in [-0.39, 0.29) is 5.91 Å². The van der Waals surface area contributed by atoms with Crippen LogP contribution in [0, 0.1) is 6.92 Å². The van der Waals surface area contributed by atoms with Crippen molar-refractivity contribution in [1.29, 1.82) is 0 Å². The number of fused-ring (bicyclic) bond motifs is 1. The first kappa shape index (κ1) is 25.1. The molecule has 0 radical (unpaired) electrons. The summed E-state index contributed by atoms with van der Waals surface area (Å²) in [6.07, 6.45) is 4.93. The predicted molar refractivity (Wildman–Crippen MR) is 158 cm³/mol. The molecule has 198 valence electrons. The van der Waals surface area contributed by atoms with E-state index in [4.69, 9.17) is 10.5 Å². The van der Waals surface area contributed by atoms with Crippen LogP contribution in [-0.4, -0.2) is 43.4 Å². The molecule has 8 heteroatoms. The highest BCUT2D eigenvalue weighted by Gasteiger charge is 2.23. The smallest absolute Gasteiger partial charge is 0.246 e. The van der Waals surface area contributed by atoms with Crippen LogP contribution < -0.4 is 10.5 Å². The zero-order chi connectivity index (χ0) is 27.8. The zero-order valence-electron chi connectivity index (χ0n) is 22.3. The lowest BCUT2D eigenvalue weighted by Gasteiger charge is -2.15. The molecular formula is C32H28N6O2. The van der Waals surface area contributed by atoms with Crippen molar-refractivity contribution in [2.45, 2.75) is 6.92 Å². The number of ether oxygens (including phenoxy) is 1. The highest BCUT2D eigenvalue weighted by atomic mass is 16.5. The minimum atomic E-state index is -0.0713. The third-order valence-corrected chi connectivity index (χ3v) is 7.14. The van der Waals surface area contributed by atoms with Gasteiger partial charge in [-0.2, -0.15) is 0 Å². The standard InChI is InChI=1S/C32H28N6O2/c1-4-27(39)38-16-15-24(18-38)22-8-6-9-23(17-22)30-28(29-31(33)34-19-35-32(29)37(30)3)21-11-13-25(14-12-21)40-26-10-5-7-20(2)36-26/h4-15,17,19H,1,16,18H2,2-3H3,(H2,33,34,35). The van der Waals surface area contributed by atoms with Crippen LogP contribution in [-0.2, 0) is 11.8 Å². The summed E-state index contributed by atoms with van der Waals surface area (Å²) >= 11 is 0. The Morgan fingerprint density at radius 1 is 1.02 bits per heavy atom. The van der Waals surface area contributed by atoms with Crippen molar-refractivity contribution in [3.63, 3.8) is 0 Å². The molecule has 0 saturated heterocycles. The van der Waals surface area contributed by atoms with Crippen molar-refractivity contribution in [3.05, 3.63) is 103 Å². The van der Waals surface area contributed by atoms with Crippen LogP contribution >= 0.6 is 0 Å². The maximum Gasteiger partial charge on any atom is 0.246 e. The van der Waals surface area contributed by atoms with Gasteiger partial charge in [0.15, 0.2) is 0 Å². The lowest BCUT2D eigenvalue weighted by atomic mass is 9.96. The fourth-order valence-corrected chi connectivity index (χ4v) is 5.21. The largest absolute Gasteiger partial charge is 0.439 e. The molecule has 0 unspecified atom stereocenters. The van der Waals surface area contributed by atoms with E-state index in [2.05, 4.69) is 50.4 Å². The summed E-state index contributed by atoms with van der Waals surface area (Å²) in [5, 5.41) is 0.794. The van der Waals surface area contributed by atoms with E-state index in [1.807, 2.05) is 62.5 Å². The average Bonchev–Trinajstić information content (AvgIpc) is 3.58. The van der Waals surface area contributed by atoms with Gasteiger partial charge >= 0.3 is 0 Å². The lowest BCUT2D eigenvalue weighted by molar-refractivity contribution is -0.124. The molecule has 40 heavy (non-hydrogen) atoms. The van der Waals surface area contributed by atoms with E-state index in [9.17, 15) is 4.79 Å². The number of amides is 1. The van der Waals surface area contributed by atoms with Crippen molar-refractivity contribution in [1.82, 2.24) is 24.4 Å². The summed E-state index contributed by atoms with van der Waals surface area (Å²) in [5.41, 5.74) is 14.1. The number of nitrogen functional groups attached to an aromatic ring is 1. The number of carbonyl (C=O) groups is 1. The number of pyridine rings is 1. The number of benzene rings is 2. The van der Waals surface area contributed by atoms with E-state index < -0.39 is 0 Å². The van der Waals surface area contributed by atoms with Gasteiger partial charge in [-0.25, -0.2) is 15.0 Å². The van der Waals surface area contributed by atoms with Gasteiger partial charge in [-0.15, -0.1) is 0 Å². The second-order valence-electron chi connectivity index (χ2n) is 9.72. The number of carbonyl (C=O) groups excluding carboxylic acids is 1. The Bertz CT molecular complexity index is 1800. The average molecular weight is 529 g/mol. The van der Waals surface area contributed by atoms with Crippen LogP contribution in [0.5, 0.6) is 11.6 Å². The summed E-state index contributed by atoms with van der Waals surface area (Å²) in [4.78, 5) is 27.2. The Kier molecular flexibility index (Phi) is 6.36. The SMILES string of the molecule is C=CC(=O)N1CC=C(c2cccc(-c3c(-c4ccc(Oc5cccc(C)n5)cc4)c4c(N)ncnc4n3C)c2)C1. The van der Waals surface area contributed by atoms with Gasteiger partial charge in [0.25, 0.3) is 0 Å². The number of nitrogens with zero attached hydrogens (tertiary/aromatic N) is 5. The first-order valence-corrected chi connectivity index (χ1v) is 12.9. The van der Waals surface area contributed by atoms with Gasteiger partial charge in [0.1, 0.15) is 23.5 Å². The summed E-state index contributed by atoms with van der Waals surface area (Å²) in [7, 11) is 1.99. The number of hydrogen-bond donors (Lipinski definition) is 1. The Morgan fingerprint density at radius 3 is 2.58 bits per heavy atom. The molecule has 3 aromatic heterocycles. The number of rotatable bonds is 6. The van der Waals surface area contributed by atoms with Gasteiger partial charge in [-0.3, -0.25) is 4.79 Å². The molecular weight excluding hydrogens is 500 g/mol. The molecule has 1 aliphatic rings. The number of nitrogens with two attached hydrogens (primary N) is 1. The van der Waals surface area contributed by atoms with Gasteiger partial charge in [0.05, 0.1) is 11.1 Å². The fourth-order valence-electron chi connectivity index (χ4n) is 5.21. The third-order valence-electron chi connectivity index (χ3n) is 7.14. The lowest BCUT2D eigenvalue weighted by Crippen LogP contribution is -2.26. The normalized spacial score (nSPS) is 12.9. The Labute approximate surface area is 232 Å². The second-order valence-corrected chi connectivity index (χ2v) is 9.72. The highest BCUT2D eigenvalue weighted by molar-refractivity contribution is 6.08. The van der Waals surface area contributed by atoms with Crippen LogP contribution in [0.3, 0.4) is 0 Å². The zero-order valence-corrected chi connectivity index (χ0v) is 22.3. The molecule has 8 nitrogen and oxygen atoms in total. The molecule has 0 bridgehead atoms. The van der Waals surface area contributed by atoms with Gasteiger partial charge < -0.3 is 19.9 Å². The second kappa shape index (κ2) is 10.1. The number of aromatic nitrogens is 4. The molecule has 0 aliphatic carbocycles. The molecule has 0 fully saturated rings. The molecule has 2 N–H and O–H groups in total. The van der Waals surface area contributed by atoms with Crippen molar-refractivity contribution in [3.8, 4) is 34.0 Å². The summed E-state index contributed by atoms with van der Waals surface area (Å²) in [6, 6.07) is 21.9. The molecule has 1 aliphatic heterocycles. The third kappa shape index (κ3) is 4.49. The van der Waals surface area contributed by atoms with E-state index in [1.165, 1.54) is 12.4 Å². The number of anilines is 1. The minimum Gasteiger partial charge on any atom is -0.439 e. The number of hydrogen-bond acceptors (Lipinski definition) is 6. The van der Waals surface area contributed by atoms with Crippen molar-refractivity contribution in [2.75, 3.05) is 18.8 Å². The van der Waals surface area contributed by atoms with Crippen molar-refractivity contribution < 1.29 is 9.53 Å². The molecule has 2 aromatic carbocycles. The van der Waals surface area contributed by atoms with Crippen LogP contribution in [0.4, 0.5) is 5.82 Å². The maximum absolute atomic E-state index is 12.1. The molecule has 0 spiro atoms. The van der Waals surface area contributed by atoms with Gasteiger partial charge in [0, 0.05) is 37.5 Å². The minimum absolute atomic E-state index is 0.0713. The topological polar surface area (TPSA) is 99.2 Å².